The first kappa shape index (κ1) is 8.58. The number of aliphatic imine (C=N–C) groups is 2. The molecule has 0 aromatic heterocycles. The van der Waals surface area contributed by atoms with E-state index in [2.05, 4.69) is 14.7 Å². The fourth-order valence-corrected chi connectivity index (χ4v) is 0.751. The Hall–Kier alpha value is -1.52. The van der Waals surface area contributed by atoms with Crippen molar-refractivity contribution in [1.82, 2.24) is 0 Å². The van der Waals surface area contributed by atoms with Crippen LogP contribution in [0.3, 0.4) is 0 Å². The van der Waals surface area contributed by atoms with Crippen molar-refractivity contribution in [2.75, 3.05) is 6.61 Å². The maximum Gasteiger partial charge on any atom is 0.312 e. The van der Waals surface area contributed by atoms with Crippen LogP contribution in [0.15, 0.2) is 9.98 Å². The SMILES string of the molecule is CCOC(=O)CC1=NC=NC1=O. The Balaban J connectivity index is 2.43. The van der Waals surface area contributed by atoms with E-state index in [1.54, 1.807) is 6.92 Å². The van der Waals surface area contributed by atoms with Crippen LogP contribution in [0.2, 0.25) is 0 Å². The highest BCUT2D eigenvalue weighted by molar-refractivity contribution is 6.46. The number of hydrogen-bond donors (Lipinski definition) is 0. The van der Waals surface area contributed by atoms with E-state index in [9.17, 15) is 9.59 Å². The van der Waals surface area contributed by atoms with Crippen molar-refractivity contribution in [3.05, 3.63) is 0 Å². The van der Waals surface area contributed by atoms with Gasteiger partial charge < -0.3 is 4.74 Å². The summed E-state index contributed by atoms with van der Waals surface area (Å²) in [5, 5.41) is 0. The molecule has 5 heteroatoms. The summed E-state index contributed by atoms with van der Waals surface area (Å²) in [6.07, 6.45) is 1.05. The Morgan fingerprint density at radius 2 is 2.42 bits per heavy atom. The molecule has 12 heavy (non-hydrogen) atoms. The van der Waals surface area contributed by atoms with E-state index in [1.165, 1.54) is 0 Å². The lowest BCUT2D eigenvalue weighted by Crippen LogP contribution is -2.15. The van der Waals surface area contributed by atoms with E-state index in [0.717, 1.165) is 6.34 Å². The standard InChI is InChI=1S/C7H8N2O3/c1-2-12-6(10)3-5-7(11)9-4-8-5/h4H,2-3H2,1H3. The Kier molecular flexibility index (Phi) is 2.68. The van der Waals surface area contributed by atoms with Crippen molar-refractivity contribution >= 4 is 23.9 Å². The monoisotopic (exact) mass is 168 g/mol. The molecule has 0 spiro atoms. The van der Waals surface area contributed by atoms with Gasteiger partial charge in [-0.1, -0.05) is 0 Å². The molecule has 0 aromatic rings. The van der Waals surface area contributed by atoms with Crippen molar-refractivity contribution in [2.45, 2.75) is 13.3 Å². The minimum absolute atomic E-state index is 0.0906. The topological polar surface area (TPSA) is 68.1 Å². The first-order valence-corrected chi connectivity index (χ1v) is 3.53. The average Bonchev–Trinajstić information content (AvgIpc) is 2.37. The van der Waals surface area contributed by atoms with E-state index < -0.39 is 11.9 Å². The van der Waals surface area contributed by atoms with Crippen LogP contribution in [-0.2, 0) is 14.3 Å². The van der Waals surface area contributed by atoms with Crippen molar-refractivity contribution in [3.8, 4) is 0 Å². The zero-order chi connectivity index (χ0) is 8.97. The van der Waals surface area contributed by atoms with E-state index >= 15 is 0 Å². The van der Waals surface area contributed by atoms with E-state index in [1.807, 2.05) is 0 Å². The molecule has 0 atom stereocenters. The molecule has 0 saturated carbocycles. The van der Waals surface area contributed by atoms with Gasteiger partial charge in [0.2, 0.25) is 0 Å². The highest BCUT2D eigenvalue weighted by atomic mass is 16.5. The Bertz CT molecular complexity index is 268. The first-order valence-electron chi connectivity index (χ1n) is 3.53. The lowest BCUT2D eigenvalue weighted by Gasteiger charge is -1.98. The second kappa shape index (κ2) is 3.75. The molecular formula is C7H8N2O3. The van der Waals surface area contributed by atoms with Crippen LogP contribution < -0.4 is 0 Å². The molecule has 0 bridgehead atoms. The van der Waals surface area contributed by atoms with Crippen molar-refractivity contribution in [2.24, 2.45) is 9.98 Å². The molecule has 0 fully saturated rings. The van der Waals surface area contributed by atoms with Gasteiger partial charge in [-0.15, -0.1) is 0 Å². The summed E-state index contributed by atoms with van der Waals surface area (Å²) in [5.74, 6) is -0.904. The molecule has 5 nitrogen and oxygen atoms in total. The normalized spacial score (nSPS) is 14.8. The molecular weight excluding hydrogens is 160 g/mol. The summed E-state index contributed by atoms with van der Waals surface area (Å²) in [7, 11) is 0. The number of rotatable bonds is 3. The highest BCUT2D eigenvalue weighted by Crippen LogP contribution is 1.98. The maximum atomic E-state index is 10.8. The minimum atomic E-state index is -0.456. The zero-order valence-corrected chi connectivity index (χ0v) is 6.61. The Morgan fingerprint density at radius 3 is 2.92 bits per heavy atom. The predicted octanol–water partition coefficient (Wildman–Crippen LogP) is -0.0509. The van der Waals surface area contributed by atoms with Gasteiger partial charge in [-0.25, -0.2) is 4.99 Å². The molecule has 1 heterocycles. The van der Waals surface area contributed by atoms with Gasteiger partial charge in [0, 0.05) is 0 Å². The summed E-state index contributed by atoms with van der Waals surface area (Å²) in [6, 6.07) is 0. The van der Waals surface area contributed by atoms with Gasteiger partial charge in [0.05, 0.1) is 13.0 Å². The lowest BCUT2D eigenvalue weighted by molar-refractivity contribution is -0.141. The molecule has 64 valence electrons. The van der Waals surface area contributed by atoms with Crippen molar-refractivity contribution in [1.29, 1.82) is 0 Å². The van der Waals surface area contributed by atoms with Crippen LogP contribution in [-0.4, -0.2) is 30.5 Å². The van der Waals surface area contributed by atoms with Crippen LogP contribution in [0, 0.1) is 0 Å². The number of esters is 1. The summed E-state index contributed by atoms with van der Waals surface area (Å²) in [5.41, 5.74) is 0.147. The quantitative estimate of drug-likeness (QED) is 0.555. The van der Waals surface area contributed by atoms with E-state index in [-0.39, 0.29) is 12.1 Å². The number of amides is 1. The largest absolute Gasteiger partial charge is 0.466 e. The van der Waals surface area contributed by atoms with Crippen LogP contribution in [0.4, 0.5) is 0 Å². The van der Waals surface area contributed by atoms with Gasteiger partial charge in [0.1, 0.15) is 12.1 Å². The zero-order valence-electron chi connectivity index (χ0n) is 6.61. The minimum Gasteiger partial charge on any atom is -0.466 e. The molecule has 0 N–H and O–H groups in total. The predicted molar refractivity (Wildman–Crippen MR) is 42.2 cm³/mol. The van der Waals surface area contributed by atoms with Crippen LogP contribution >= 0.6 is 0 Å². The molecule has 0 radical (unpaired) electrons. The number of nitrogens with zero attached hydrogens (tertiary/aromatic N) is 2. The third-order valence-corrected chi connectivity index (χ3v) is 1.25. The molecule has 1 aliphatic heterocycles. The Labute approximate surface area is 69.2 Å². The molecule has 0 unspecified atom stereocenters. The molecule has 0 saturated heterocycles. The summed E-state index contributed by atoms with van der Waals surface area (Å²) >= 11 is 0. The highest BCUT2D eigenvalue weighted by Gasteiger charge is 2.17. The Morgan fingerprint density at radius 1 is 1.67 bits per heavy atom. The van der Waals surface area contributed by atoms with E-state index in [0.29, 0.717) is 6.61 Å². The number of carbonyl (C=O) groups excluding carboxylic acids is 2. The van der Waals surface area contributed by atoms with Crippen molar-refractivity contribution < 1.29 is 14.3 Å². The van der Waals surface area contributed by atoms with Crippen LogP contribution in [0.1, 0.15) is 13.3 Å². The number of hydrogen-bond acceptors (Lipinski definition) is 4. The number of ether oxygens (including phenoxy) is 1. The van der Waals surface area contributed by atoms with Gasteiger partial charge in [-0.3, -0.25) is 9.59 Å². The third-order valence-electron chi connectivity index (χ3n) is 1.25. The average molecular weight is 168 g/mol. The van der Waals surface area contributed by atoms with Crippen LogP contribution in [0.25, 0.3) is 0 Å². The van der Waals surface area contributed by atoms with Gasteiger partial charge in [-0.2, -0.15) is 4.99 Å². The number of carbonyl (C=O) groups is 2. The molecule has 0 aliphatic carbocycles. The van der Waals surface area contributed by atoms with Gasteiger partial charge in [-0.05, 0) is 6.92 Å². The second-order valence-corrected chi connectivity index (χ2v) is 2.11. The smallest absolute Gasteiger partial charge is 0.312 e. The molecule has 1 rings (SSSR count). The summed E-state index contributed by atoms with van der Waals surface area (Å²) < 4.78 is 4.62. The van der Waals surface area contributed by atoms with Crippen LogP contribution in [0.5, 0.6) is 0 Å². The third kappa shape index (κ3) is 1.98. The lowest BCUT2D eigenvalue weighted by atomic mass is 10.2. The molecule has 1 amide bonds. The fourth-order valence-electron chi connectivity index (χ4n) is 0.751. The maximum absolute atomic E-state index is 10.8. The molecule has 1 aliphatic rings. The van der Waals surface area contributed by atoms with Gasteiger partial charge >= 0.3 is 5.97 Å². The fraction of sp³-hybridized carbons (Fsp3) is 0.429. The second-order valence-electron chi connectivity index (χ2n) is 2.11. The summed E-state index contributed by atoms with van der Waals surface area (Å²) in [4.78, 5) is 28.6. The van der Waals surface area contributed by atoms with E-state index in [4.69, 9.17) is 0 Å². The van der Waals surface area contributed by atoms with Gasteiger partial charge in [0.15, 0.2) is 0 Å². The van der Waals surface area contributed by atoms with Gasteiger partial charge in [0.25, 0.3) is 5.91 Å². The molecule has 0 aromatic carbocycles. The first-order chi connectivity index (χ1) is 5.74. The van der Waals surface area contributed by atoms with Crippen molar-refractivity contribution in [3.63, 3.8) is 0 Å². The summed E-state index contributed by atoms with van der Waals surface area (Å²) in [6.45, 7) is 2.01.